The van der Waals surface area contributed by atoms with Crippen LogP contribution in [-0.4, -0.2) is 29.5 Å². The fourth-order valence-corrected chi connectivity index (χ4v) is 3.41. The van der Waals surface area contributed by atoms with E-state index < -0.39 is 5.54 Å². The number of carbonyl (C=O) groups excluding carboxylic acids is 2. The van der Waals surface area contributed by atoms with Crippen LogP contribution in [0.1, 0.15) is 43.0 Å². The minimum Gasteiger partial charge on any atom is -0.467 e. The maximum Gasteiger partial charge on any atom is 0.331 e. The van der Waals surface area contributed by atoms with Crippen molar-refractivity contribution in [3.63, 3.8) is 0 Å². The Labute approximate surface area is 144 Å². The summed E-state index contributed by atoms with van der Waals surface area (Å²) in [6.45, 7) is 2.15. The van der Waals surface area contributed by atoms with Crippen molar-refractivity contribution in [2.24, 2.45) is 5.92 Å². The molecule has 128 valence electrons. The second kappa shape index (κ2) is 6.39. The molecule has 1 fully saturated rings. The van der Waals surface area contributed by atoms with Gasteiger partial charge < -0.3 is 19.5 Å². The number of esters is 1. The molecule has 0 aliphatic heterocycles. The molecular weight excluding hydrogens is 328 g/mol. The Morgan fingerprint density at radius 3 is 2.75 bits per heavy atom. The topological polar surface area (TPSA) is 84.3 Å². The van der Waals surface area contributed by atoms with Gasteiger partial charge in [0.2, 0.25) is 0 Å². The molecule has 1 heterocycles. The number of rotatable bonds is 3. The third-order valence-electron chi connectivity index (χ3n) is 4.74. The minimum absolute atomic E-state index is 0.259. The molecule has 6 nitrogen and oxygen atoms in total. The van der Waals surface area contributed by atoms with Gasteiger partial charge in [-0.3, -0.25) is 4.79 Å². The van der Waals surface area contributed by atoms with E-state index in [0.29, 0.717) is 29.9 Å². The lowest BCUT2D eigenvalue weighted by atomic mass is 9.77. The highest BCUT2D eigenvalue weighted by molar-refractivity contribution is 7.71. The highest BCUT2D eigenvalue weighted by Crippen LogP contribution is 2.33. The molecule has 1 aliphatic rings. The number of fused-ring (bicyclic) bond motifs is 1. The van der Waals surface area contributed by atoms with Crippen molar-refractivity contribution >= 4 is 35.2 Å². The van der Waals surface area contributed by atoms with Gasteiger partial charge in [-0.2, -0.15) is 0 Å². The highest BCUT2D eigenvalue weighted by Gasteiger charge is 2.43. The van der Waals surface area contributed by atoms with E-state index >= 15 is 0 Å². The Balaban J connectivity index is 1.86. The van der Waals surface area contributed by atoms with Gasteiger partial charge in [0.05, 0.1) is 12.6 Å². The van der Waals surface area contributed by atoms with Gasteiger partial charge in [-0.05, 0) is 62.0 Å². The van der Waals surface area contributed by atoms with Gasteiger partial charge in [0, 0.05) is 5.56 Å². The molecule has 2 aromatic rings. The quantitative estimate of drug-likeness (QED) is 0.656. The summed E-state index contributed by atoms with van der Waals surface area (Å²) in [5, 5.41) is 2.90. The number of nitrogens with one attached hydrogen (secondary N) is 2. The second-order valence-corrected chi connectivity index (χ2v) is 6.81. The number of ether oxygens (including phenoxy) is 1. The number of hydrogen-bond acceptors (Lipinski definition) is 5. The molecular formula is C17H20N2O4S. The van der Waals surface area contributed by atoms with Crippen LogP contribution in [0.5, 0.6) is 0 Å². The second-order valence-electron chi connectivity index (χ2n) is 6.44. The SMILES string of the molecule is COC(=O)C1(NC(=O)c2ccc3[nH]c(=S)oc3c2)CCC(C)CC1. The predicted octanol–water partition coefficient (Wildman–Crippen LogP) is 3.34. The summed E-state index contributed by atoms with van der Waals surface area (Å²) in [5.41, 5.74) is 0.705. The zero-order chi connectivity index (χ0) is 17.3. The van der Waals surface area contributed by atoms with Gasteiger partial charge in [-0.15, -0.1) is 0 Å². The van der Waals surface area contributed by atoms with Crippen LogP contribution in [-0.2, 0) is 9.53 Å². The summed E-state index contributed by atoms with van der Waals surface area (Å²) in [6, 6.07) is 5.03. The third-order valence-corrected chi connectivity index (χ3v) is 4.93. The molecule has 0 bridgehead atoms. The van der Waals surface area contributed by atoms with Crippen molar-refractivity contribution in [3.8, 4) is 0 Å². The predicted molar refractivity (Wildman–Crippen MR) is 91.2 cm³/mol. The van der Waals surface area contributed by atoms with Crippen molar-refractivity contribution in [2.75, 3.05) is 7.11 Å². The number of oxazole rings is 1. The third kappa shape index (κ3) is 3.08. The fourth-order valence-electron chi connectivity index (χ4n) is 3.21. The van der Waals surface area contributed by atoms with E-state index in [-0.39, 0.29) is 16.7 Å². The lowest BCUT2D eigenvalue weighted by Crippen LogP contribution is -2.56. The smallest absolute Gasteiger partial charge is 0.331 e. The van der Waals surface area contributed by atoms with Crippen molar-refractivity contribution in [1.82, 2.24) is 10.3 Å². The van der Waals surface area contributed by atoms with Gasteiger partial charge in [-0.25, -0.2) is 4.79 Å². The van der Waals surface area contributed by atoms with Gasteiger partial charge in [0.15, 0.2) is 5.58 Å². The number of H-pyrrole nitrogens is 1. The Morgan fingerprint density at radius 2 is 2.08 bits per heavy atom. The van der Waals surface area contributed by atoms with Gasteiger partial charge in [-0.1, -0.05) is 6.92 Å². The molecule has 0 unspecified atom stereocenters. The van der Waals surface area contributed by atoms with Crippen LogP contribution < -0.4 is 5.32 Å². The molecule has 0 saturated heterocycles. The van der Waals surface area contributed by atoms with Crippen LogP contribution in [0, 0.1) is 10.8 Å². The van der Waals surface area contributed by atoms with Crippen molar-refractivity contribution in [3.05, 3.63) is 28.6 Å². The molecule has 0 spiro atoms. The average Bonchev–Trinajstić information content (AvgIpc) is 2.95. The van der Waals surface area contributed by atoms with Gasteiger partial charge in [0.1, 0.15) is 5.54 Å². The number of aromatic nitrogens is 1. The minimum atomic E-state index is -0.953. The molecule has 7 heteroatoms. The van der Waals surface area contributed by atoms with Gasteiger partial charge >= 0.3 is 5.97 Å². The monoisotopic (exact) mass is 348 g/mol. The van der Waals surface area contributed by atoms with Crippen LogP contribution in [0.25, 0.3) is 11.1 Å². The first-order valence-electron chi connectivity index (χ1n) is 7.97. The number of methoxy groups -OCH3 is 1. The molecule has 1 aromatic heterocycles. The van der Waals surface area contributed by atoms with E-state index in [1.54, 1.807) is 18.2 Å². The molecule has 24 heavy (non-hydrogen) atoms. The van der Waals surface area contributed by atoms with Crippen molar-refractivity contribution in [1.29, 1.82) is 0 Å². The Morgan fingerprint density at radius 1 is 1.38 bits per heavy atom. The molecule has 1 saturated carbocycles. The highest BCUT2D eigenvalue weighted by atomic mass is 32.1. The molecule has 3 rings (SSSR count). The van der Waals surface area contributed by atoms with Crippen LogP contribution in [0.2, 0.25) is 0 Å². The van der Waals surface area contributed by atoms with Crippen molar-refractivity contribution < 1.29 is 18.7 Å². The molecule has 1 amide bonds. The average molecular weight is 348 g/mol. The van der Waals surface area contributed by atoms with E-state index in [1.807, 2.05) is 0 Å². The molecule has 0 atom stereocenters. The lowest BCUT2D eigenvalue weighted by molar-refractivity contribution is -0.150. The summed E-state index contributed by atoms with van der Waals surface area (Å²) >= 11 is 4.95. The van der Waals surface area contributed by atoms with E-state index in [0.717, 1.165) is 18.4 Å². The number of hydrogen-bond donors (Lipinski definition) is 2. The maximum atomic E-state index is 12.7. The van der Waals surface area contributed by atoms with Crippen LogP contribution in [0.3, 0.4) is 0 Å². The first-order chi connectivity index (χ1) is 11.4. The summed E-state index contributed by atoms with van der Waals surface area (Å²) in [6.07, 6.45) is 2.92. The van der Waals surface area contributed by atoms with Crippen molar-refractivity contribution in [2.45, 2.75) is 38.1 Å². The van der Waals surface area contributed by atoms with E-state index in [4.69, 9.17) is 21.4 Å². The maximum absolute atomic E-state index is 12.7. The number of amides is 1. The molecule has 1 aliphatic carbocycles. The van der Waals surface area contributed by atoms with E-state index in [1.165, 1.54) is 7.11 Å². The first kappa shape index (κ1) is 16.7. The van der Waals surface area contributed by atoms with E-state index in [9.17, 15) is 9.59 Å². The number of benzene rings is 1. The Kier molecular flexibility index (Phi) is 4.45. The lowest BCUT2D eigenvalue weighted by Gasteiger charge is -2.37. The largest absolute Gasteiger partial charge is 0.467 e. The van der Waals surface area contributed by atoms with Crippen LogP contribution in [0.15, 0.2) is 22.6 Å². The summed E-state index contributed by atoms with van der Waals surface area (Å²) in [5.74, 6) is -0.164. The molecule has 0 radical (unpaired) electrons. The zero-order valence-corrected chi connectivity index (χ0v) is 14.5. The summed E-state index contributed by atoms with van der Waals surface area (Å²) in [7, 11) is 1.35. The standard InChI is InChI=1S/C17H20N2O4S/c1-10-5-7-17(8-6-10,15(21)22-2)19-14(20)11-3-4-12-13(9-11)23-16(24)18-12/h3-4,9-10H,5-8H2,1-2H3,(H,18,24)(H,19,20). The number of aromatic amines is 1. The Hall–Kier alpha value is -2.15. The molecule has 1 aromatic carbocycles. The number of carbonyl (C=O) groups is 2. The van der Waals surface area contributed by atoms with E-state index in [2.05, 4.69) is 17.2 Å². The zero-order valence-electron chi connectivity index (χ0n) is 13.7. The first-order valence-corrected chi connectivity index (χ1v) is 8.38. The van der Waals surface area contributed by atoms with Gasteiger partial charge in [0.25, 0.3) is 10.7 Å². The molecule has 2 N–H and O–H groups in total. The normalized spacial score (nSPS) is 23.8. The fraction of sp³-hybridized carbons (Fsp3) is 0.471. The van der Waals surface area contributed by atoms with Crippen LogP contribution in [0.4, 0.5) is 0 Å². The van der Waals surface area contributed by atoms with Crippen LogP contribution >= 0.6 is 12.2 Å². The summed E-state index contributed by atoms with van der Waals surface area (Å²) in [4.78, 5) is 28.1. The Bertz CT molecular complexity index is 830. The summed E-state index contributed by atoms with van der Waals surface area (Å²) < 4.78 is 10.3.